The lowest BCUT2D eigenvalue weighted by atomic mass is 9.64. The second-order valence-corrected chi connectivity index (χ2v) is 9.23. The number of nitrogens with zero attached hydrogens (tertiary/aromatic N) is 2. The number of benzene rings is 3. The van der Waals surface area contributed by atoms with E-state index in [-0.39, 0.29) is 23.0 Å². The highest BCUT2D eigenvalue weighted by molar-refractivity contribution is 6.32. The van der Waals surface area contributed by atoms with Gasteiger partial charge in [0, 0.05) is 34.9 Å². The third-order valence-electron chi connectivity index (χ3n) is 7.57. The Balaban J connectivity index is 1.69. The van der Waals surface area contributed by atoms with Gasteiger partial charge in [0.1, 0.15) is 5.41 Å². The molecule has 7 heteroatoms. The van der Waals surface area contributed by atoms with Gasteiger partial charge < -0.3 is 4.90 Å². The molecule has 6 rings (SSSR count). The highest BCUT2D eigenvalue weighted by Gasteiger charge is 2.71. The Hall–Kier alpha value is -4.39. The fraction of sp³-hybridized carbons (Fsp3) is 0.179. The van der Waals surface area contributed by atoms with Gasteiger partial charge in [0.2, 0.25) is 0 Å². The average molecular weight is 464 g/mol. The van der Waals surface area contributed by atoms with E-state index in [1.165, 1.54) is 25.1 Å². The Morgan fingerprint density at radius 1 is 0.943 bits per heavy atom. The van der Waals surface area contributed by atoms with E-state index in [2.05, 4.69) is 0 Å². The SMILES string of the molecule is CC(=O)[C@@H]1[C@@H](c2cccc([N+](=O)[O-])c2)C2(C(=O)c3ccccc3C2=O)[C@@H]2C=Cc3ccccc3N12. The fourth-order valence-corrected chi connectivity index (χ4v) is 6.28. The zero-order valence-corrected chi connectivity index (χ0v) is 18.8. The average Bonchev–Trinajstić information content (AvgIpc) is 3.31. The molecular formula is C28H20N2O5. The van der Waals surface area contributed by atoms with E-state index in [0.29, 0.717) is 16.7 Å². The molecule has 3 aliphatic rings. The van der Waals surface area contributed by atoms with Crippen LogP contribution < -0.4 is 4.90 Å². The van der Waals surface area contributed by atoms with E-state index >= 15 is 0 Å². The molecule has 0 N–H and O–H groups in total. The van der Waals surface area contributed by atoms with Gasteiger partial charge in [0.15, 0.2) is 17.3 Å². The fourth-order valence-electron chi connectivity index (χ4n) is 6.28. The number of carbonyl (C=O) groups is 3. The monoisotopic (exact) mass is 464 g/mol. The minimum Gasteiger partial charge on any atom is -0.352 e. The Morgan fingerprint density at radius 3 is 2.26 bits per heavy atom. The van der Waals surface area contributed by atoms with Crippen molar-refractivity contribution in [3.05, 3.63) is 111 Å². The molecule has 0 bridgehead atoms. The number of ketones is 3. The number of carbonyl (C=O) groups excluding carboxylic acids is 3. The standard InChI is InChI=1S/C28H20N2O5/c1-16(31)25-24(18-8-6-9-19(15-18)30(34)35)28(26(32)20-10-3-4-11-21(20)27(28)33)23-14-13-17-7-2-5-12-22(17)29(23)25/h2-15,23-25H,1H3/t23-,24+,25+/m0/s1. The predicted molar refractivity (Wildman–Crippen MR) is 130 cm³/mol. The molecule has 0 saturated carbocycles. The number of para-hydroxylation sites is 1. The van der Waals surface area contributed by atoms with Crippen LogP contribution in [-0.4, -0.2) is 34.4 Å². The lowest BCUT2D eigenvalue weighted by Crippen LogP contribution is -2.48. The Morgan fingerprint density at radius 2 is 1.60 bits per heavy atom. The molecular weight excluding hydrogens is 444 g/mol. The Labute approximate surface area is 200 Å². The van der Waals surface area contributed by atoms with Crippen molar-refractivity contribution in [2.24, 2.45) is 5.41 Å². The molecule has 35 heavy (non-hydrogen) atoms. The van der Waals surface area contributed by atoms with Crippen LogP contribution >= 0.6 is 0 Å². The van der Waals surface area contributed by atoms with E-state index in [9.17, 15) is 24.5 Å². The summed E-state index contributed by atoms with van der Waals surface area (Å²) in [5.74, 6) is -1.83. The predicted octanol–water partition coefficient (Wildman–Crippen LogP) is 4.62. The molecule has 1 saturated heterocycles. The van der Waals surface area contributed by atoms with Crippen LogP contribution in [0.25, 0.3) is 6.08 Å². The Kier molecular flexibility index (Phi) is 4.42. The lowest BCUT2D eigenvalue weighted by molar-refractivity contribution is -0.384. The first-order chi connectivity index (χ1) is 16.9. The van der Waals surface area contributed by atoms with Crippen molar-refractivity contribution < 1.29 is 19.3 Å². The number of nitro groups is 1. The van der Waals surface area contributed by atoms with Crippen molar-refractivity contribution in [2.45, 2.75) is 24.9 Å². The van der Waals surface area contributed by atoms with Gasteiger partial charge in [-0.05, 0) is 24.1 Å². The molecule has 0 unspecified atom stereocenters. The highest BCUT2D eigenvalue weighted by Crippen LogP contribution is 2.60. The van der Waals surface area contributed by atoms with Crippen LogP contribution in [0.15, 0.2) is 78.9 Å². The molecule has 3 aromatic rings. The first-order valence-electron chi connectivity index (χ1n) is 11.4. The number of nitro benzene ring substituents is 1. The van der Waals surface area contributed by atoms with E-state index in [1.54, 1.807) is 30.3 Å². The molecule has 1 fully saturated rings. The molecule has 3 aromatic carbocycles. The number of Topliss-reactive ketones (excluding diaryl/α,β-unsaturated/α-hetero) is 3. The van der Waals surface area contributed by atoms with Crippen molar-refractivity contribution in [3.8, 4) is 0 Å². The zero-order valence-electron chi connectivity index (χ0n) is 18.8. The summed E-state index contributed by atoms with van der Waals surface area (Å²) in [4.78, 5) is 54.8. The first kappa shape index (κ1) is 21.2. The minimum atomic E-state index is -1.63. The number of non-ortho nitro benzene ring substituents is 1. The molecule has 0 radical (unpaired) electrons. The molecule has 1 spiro atoms. The summed E-state index contributed by atoms with van der Waals surface area (Å²) in [5, 5.41) is 11.6. The summed E-state index contributed by atoms with van der Waals surface area (Å²) in [6, 6.07) is 18.6. The second kappa shape index (κ2) is 7.30. The van der Waals surface area contributed by atoms with Gasteiger partial charge in [-0.1, -0.05) is 66.7 Å². The van der Waals surface area contributed by atoms with E-state index in [4.69, 9.17) is 0 Å². The van der Waals surface area contributed by atoms with Gasteiger partial charge in [-0.25, -0.2) is 0 Å². The summed E-state index contributed by atoms with van der Waals surface area (Å²) < 4.78 is 0. The molecule has 2 heterocycles. The quantitative estimate of drug-likeness (QED) is 0.319. The summed E-state index contributed by atoms with van der Waals surface area (Å²) in [6.45, 7) is 1.45. The van der Waals surface area contributed by atoms with Crippen LogP contribution in [0.5, 0.6) is 0 Å². The molecule has 1 aliphatic carbocycles. The van der Waals surface area contributed by atoms with Gasteiger partial charge in [-0.15, -0.1) is 0 Å². The summed E-state index contributed by atoms with van der Waals surface area (Å²) in [7, 11) is 0. The third-order valence-corrected chi connectivity index (χ3v) is 7.57. The number of hydrogen-bond acceptors (Lipinski definition) is 6. The summed E-state index contributed by atoms with van der Waals surface area (Å²) >= 11 is 0. The van der Waals surface area contributed by atoms with Crippen molar-refractivity contribution in [1.82, 2.24) is 0 Å². The van der Waals surface area contributed by atoms with Gasteiger partial charge in [0.25, 0.3) is 5.69 Å². The smallest absolute Gasteiger partial charge is 0.269 e. The number of rotatable bonds is 3. The highest BCUT2D eigenvalue weighted by atomic mass is 16.6. The molecule has 172 valence electrons. The molecule has 3 atom stereocenters. The molecule has 7 nitrogen and oxygen atoms in total. The molecule has 0 aromatic heterocycles. The van der Waals surface area contributed by atoms with E-state index < -0.39 is 28.3 Å². The van der Waals surface area contributed by atoms with Crippen LogP contribution in [0.3, 0.4) is 0 Å². The summed E-state index contributed by atoms with van der Waals surface area (Å²) in [5.41, 5.74) is 0.919. The van der Waals surface area contributed by atoms with Gasteiger partial charge in [-0.3, -0.25) is 24.5 Å². The zero-order chi connectivity index (χ0) is 24.5. The normalized spacial score (nSPS) is 23.2. The maximum atomic E-state index is 14.2. The van der Waals surface area contributed by atoms with E-state index in [1.807, 2.05) is 41.3 Å². The van der Waals surface area contributed by atoms with Crippen LogP contribution in [0.4, 0.5) is 11.4 Å². The van der Waals surface area contributed by atoms with Crippen molar-refractivity contribution in [2.75, 3.05) is 4.90 Å². The van der Waals surface area contributed by atoms with Gasteiger partial charge in [-0.2, -0.15) is 0 Å². The third kappa shape index (κ3) is 2.63. The van der Waals surface area contributed by atoms with Crippen LogP contribution in [0, 0.1) is 15.5 Å². The van der Waals surface area contributed by atoms with Crippen LogP contribution in [0.1, 0.15) is 44.7 Å². The first-order valence-corrected chi connectivity index (χ1v) is 11.4. The van der Waals surface area contributed by atoms with Crippen molar-refractivity contribution in [1.29, 1.82) is 0 Å². The maximum absolute atomic E-state index is 14.2. The van der Waals surface area contributed by atoms with Crippen LogP contribution in [0.2, 0.25) is 0 Å². The number of fused-ring (bicyclic) bond motifs is 5. The second-order valence-electron chi connectivity index (χ2n) is 9.23. The minimum absolute atomic E-state index is 0.156. The maximum Gasteiger partial charge on any atom is 0.269 e. The number of anilines is 1. The van der Waals surface area contributed by atoms with Gasteiger partial charge in [0.05, 0.1) is 17.0 Å². The van der Waals surface area contributed by atoms with Crippen LogP contribution in [-0.2, 0) is 4.79 Å². The largest absolute Gasteiger partial charge is 0.352 e. The van der Waals surface area contributed by atoms with E-state index in [0.717, 1.165) is 11.3 Å². The topological polar surface area (TPSA) is 97.6 Å². The van der Waals surface area contributed by atoms with Crippen molar-refractivity contribution >= 4 is 34.8 Å². The molecule has 0 amide bonds. The lowest BCUT2D eigenvalue weighted by Gasteiger charge is -2.37. The molecule has 2 aliphatic heterocycles. The number of hydrogen-bond donors (Lipinski definition) is 0. The van der Waals surface area contributed by atoms with Crippen molar-refractivity contribution in [3.63, 3.8) is 0 Å². The van der Waals surface area contributed by atoms with Gasteiger partial charge >= 0.3 is 0 Å². The Bertz CT molecular complexity index is 1450. The summed E-state index contributed by atoms with van der Waals surface area (Å²) in [6.07, 6.45) is 3.71.